The quantitative estimate of drug-likeness (QED) is 0.197. The van der Waals surface area contributed by atoms with Crippen LogP contribution >= 0.6 is 23.5 Å². The van der Waals surface area contributed by atoms with Crippen LogP contribution in [-0.2, 0) is 0 Å². The smallest absolute Gasteiger partial charge is 0.324 e. The molecule has 0 saturated carbocycles. The number of nitro benzene ring substituents is 1. The van der Waals surface area contributed by atoms with E-state index < -0.39 is 72.3 Å². The van der Waals surface area contributed by atoms with Gasteiger partial charge in [0.25, 0.3) is 5.69 Å². The lowest BCUT2D eigenvalue weighted by Gasteiger charge is -2.22. The fourth-order valence-corrected chi connectivity index (χ4v) is 4.03. The predicted octanol–water partition coefficient (Wildman–Crippen LogP) is 6.26. The first-order chi connectivity index (χ1) is 14.3. The number of hydrogen-bond acceptors (Lipinski definition) is 6. The molecule has 0 unspecified atom stereocenters. The minimum Gasteiger partial charge on any atom is -0.324 e. The van der Waals surface area contributed by atoms with Gasteiger partial charge in [-0.3, -0.25) is 10.1 Å². The lowest BCUT2D eigenvalue weighted by atomic mass is 10.2. The van der Waals surface area contributed by atoms with E-state index in [4.69, 9.17) is 0 Å². The standard InChI is InChI=1S/C16H16F6N4O3S2/c1-3-5-24(6-4-2)14(27)25-12-10(23-13(25)31-16(20,21)22)7-9(30-15(17,18)19)8-11(12)26(28)29/h7-8H,3-6H2,1-2H3. The zero-order valence-corrected chi connectivity index (χ0v) is 17.7. The molecule has 0 aliphatic heterocycles. The molecular weight excluding hydrogens is 474 g/mol. The Labute approximate surface area is 180 Å². The van der Waals surface area contributed by atoms with Crippen molar-refractivity contribution >= 4 is 46.3 Å². The zero-order valence-electron chi connectivity index (χ0n) is 16.1. The molecule has 1 amide bonds. The number of benzene rings is 1. The molecule has 1 aromatic heterocycles. The van der Waals surface area contributed by atoms with E-state index in [0.29, 0.717) is 23.5 Å². The molecule has 2 rings (SSSR count). The van der Waals surface area contributed by atoms with Gasteiger partial charge >= 0.3 is 17.0 Å². The molecule has 0 radical (unpaired) electrons. The molecule has 31 heavy (non-hydrogen) atoms. The van der Waals surface area contributed by atoms with E-state index in [0.717, 1.165) is 6.07 Å². The first-order valence-electron chi connectivity index (χ1n) is 8.79. The van der Waals surface area contributed by atoms with Gasteiger partial charge in [-0.1, -0.05) is 13.8 Å². The molecule has 1 aromatic carbocycles. The Kier molecular flexibility index (Phi) is 7.73. The van der Waals surface area contributed by atoms with Crippen LogP contribution in [0.3, 0.4) is 0 Å². The Hall–Kier alpha value is -2.16. The maximum absolute atomic E-state index is 13.1. The SMILES string of the molecule is CCCN(CCC)C(=O)n1c(SC(F)(F)F)nc2cc(SC(F)(F)F)cc([N+](=O)[O-])c21. The number of aromatic nitrogens is 2. The van der Waals surface area contributed by atoms with Crippen LogP contribution in [0.15, 0.2) is 22.2 Å². The van der Waals surface area contributed by atoms with E-state index in [9.17, 15) is 41.3 Å². The zero-order chi connectivity index (χ0) is 23.6. The van der Waals surface area contributed by atoms with Gasteiger partial charge < -0.3 is 4.90 Å². The molecule has 0 spiro atoms. The summed E-state index contributed by atoms with van der Waals surface area (Å²) in [6.45, 7) is 3.80. The molecule has 2 aromatic rings. The van der Waals surface area contributed by atoms with Crippen molar-refractivity contribution in [2.75, 3.05) is 13.1 Å². The van der Waals surface area contributed by atoms with Gasteiger partial charge in [-0.15, -0.1) is 0 Å². The Bertz CT molecular complexity index is 971. The number of carbonyl (C=O) groups excluding carboxylic acids is 1. The summed E-state index contributed by atoms with van der Waals surface area (Å²) in [5.41, 5.74) is -11.7. The number of halogens is 6. The lowest BCUT2D eigenvalue weighted by Crippen LogP contribution is -2.36. The number of amides is 1. The van der Waals surface area contributed by atoms with Crippen LogP contribution in [0, 0.1) is 10.1 Å². The monoisotopic (exact) mass is 490 g/mol. The van der Waals surface area contributed by atoms with Gasteiger partial charge in [0, 0.05) is 35.8 Å². The van der Waals surface area contributed by atoms with Gasteiger partial charge in [-0.05, 0) is 30.7 Å². The molecule has 0 aliphatic carbocycles. The second-order valence-corrected chi connectivity index (χ2v) is 8.33. The van der Waals surface area contributed by atoms with Crippen LogP contribution in [0.4, 0.5) is 36.8 Å². The van der Waals surface area contributed by atoms with Crippen LogP contribution in [0.2, 0.25) is 0 Å². The molecule has 1 heterocycles. The number of nitro groups is 1. The van der Waals surface area contributed by atoms with Gasteiger partial charge in [-0.25, -0.2) is 14.3 Å². The summed E-state index contributed by atoms with van der Waals surface area (Å²) in [5.74, 6) is 0. The molecule has 7 nitrogen and oxygen atoms in total. The van der Waals surface area contributed by atoms with Crippen molar-refractivity contribution in [3.63, 3.8) is 0 Å². The topological polar surface area (TPSA) is 81.3 Å². The summed E-state index contributed by atoms with van der Waals surface area (Å²) in [5, 5.41) is 10.6. The second kappa shape index (κ2) is 9.54. The first-order valence-corrected chi connectivity index (χ1v) is 10.4. The normalized spacial score (nSPS) is 12.4. The molecule has 0 aliphatic rings. The Balaban J connectivity index is 2.81. The largest absolute Gasteiger partial charge is 0.449 e. The molecular formula is C16H16F6N4O3S2. The number of rotatable bonds is 7. The number of carbonyl (C=O) groups is 1. The molecule has 0 fully saturated rings. The summed E-state index contributed by atoms with van der Waals surface area (Å²) in [4.78, 5) is 27.8. The number of imidazole rings is 1. The van der Waals surface area contributed by atoms with Gasteiger partial charge in [-0.2, -0.15) is 26.3 Å². The van der Waals surface area contributed by atoms with Crippen molar-refractivity contribution in [2.45, 2.75) is 47.8 Å². The van der Waals surface area contributed by atoms with E-state index in [1.54, 1.807) is 13.8 Å². The number of alkyl halides is 6. The van der Waals surface area contributed by atoms with Crippen molar-refractivity contribution in [2.24, 2.45) is 0 Å². The van der Waals surface area contributed by atoms with Crippen molar-refractivity contribution in [1.29, 1.82) is 0 Å². The van der Waals surface area contributed by atoms with Crippen molar-refractivity contribution in [3.8, 4) is 0 Å². The second-order valence-electron chi connectivity index (χ2n) is 6.16. The lowest BCUT2D eigenvalue weighted by molar-refractivity contribution is -0.383. The van der Waals surface area contributed by atoms with E-state index in [-0.39, 0.29) is 13.1 Å². The maximum Gasteiger partial charge on any atom is 0.449 e. The maximum atomic E-state index is 13.1. The Morgan fingerprint density at radius 1 is 1.10 bits per heavy atom. The molecule has 0 bridgehead atoms. The molecule has 0 saturated heterocycles. The number of thioether (sulfide) groups is 2. The molecule has 172 valence electrons. The molecule has 0 atom stereocenters. The van der Waals surface area contributed by atoms with E-state index in [2.05, 4.69) is 4.98 Å². The Morgan fingerprint density at radius 2 is 1.65 bits per heavy atom. The van der Waals surface area contributed by atoms with Gasteiger partial charge in [0.2, 0.25) is 0 Å². The average molecular weight is 490 g/mol. The third-order valence-electron chi connectivity index (χ3n) is 3.76. The van der Waals surface area contributed by atoms with Crippen molar-refractivity contribution in [1.82, 2.24) is 14.5 Å². The minimum absolute atomic E-state index is 0.165. The van der Waals surface area contributed by atoms with Gasteiger partial charge in [0.1, 0.15) is 0 Å². The van der Waals surface area contributed by atoms with Crippen molar-refractivity contribution < 1.29 is 36.1 Å². The van der Waals surface area contributed by atoms with E-state index in [1.807, 2.05) is 0 Å². The summed E-state index contributed by atoms with van der Waals surface area (Å²) < 4.78 is 77.9. The first kappa shape index (κ1) is 25.1. The highest BCUT2D eigenvalue weighted by molar-refractivity contribution is 8.00. The predicted molar refractivity (Wildman–Crippen MR) is 103 cm³/mol. The van der Waals surface area contributed by atoms with E-state index >= 15 is 0 Å². The molecule has 0 N–H and O–H groups in total. The third-order valence-corrected chi connectivity index (χ3v) is 5.15. The number of non-ortho nitro benzene ring substituents is 1. The minimum atomic E-state index is -4.89. The highest BCUT2D eigenvalue weighted by Crippen LogP contribution is 2.43. The fraction of sp³-hybridized carbons (Fsp3) is 0.500. The van der Waals surface area contributed by atoms with Crippen molar-refractivity contribution in [3.05, 3.63) is 22.2 Å². The number of hydrogen-bond donors (Lipinski definition) is 0. The van der Waals surface area contributed by atoms with Gasteiger partial charge in [0.05, 0.1) is 10.4 Å². The van der Waals surface area contributed by atoms with Crippen LogP contribution in [0.5, 0.6) is 0 Å². The van der Waals surface area contributed by atoms with Crippen LogP contribution in [-0.4, -0.2) is 49.5 Å². The average Bonchev–Trinajstić information content (AvgIpc) is 2.94. The van der Waals surface area contributed by atoms with Crippen LogP contribution in [0.1, 0.15) is 26.7 Å². The number of nitrogens with zero attached hydrogens (tertiary/aromatic N) is 4. The third kappa shape index (κ3) is 6.41. The molecule has 15 heteroatoms. The highest BCUT2D eigenvalue weighted by Gasteiger charge is 2.37. The fourth-order valence-electron chi connectivity index (χ4n) is 2.81. The Morgan fingerprint density at radius 3 is 2.10 bits per heavy atom. The number of fused-ring (bicyclic) bond motifs is 1. The summed E-state index contributed by atoms with van der Waals surface area (Å²) in [6.07, 6.45) is 0.934. The van der Waals surface area contributed by atoms with Crippen LogP contribution in [0.25, 0.3) is 11.0 Å². The van der Waals surface area contributed by atoms with Crippen LogP contribution < -0.4 is 0 Å². The summed E-state index contributed by atoms with van der Waals surface area (Å²) >= 11 is -1.44. The highest BCUT2D eigenvalue weighted by atomic mass is 32.2. The van der Waals surface area contributed by atoms with E-state index in [1.165, 1.54) is 4.90 Å². The summed E-state index contributed by atoms with van der Waals surface area (Å²) in [7, 11) is 0. The summed E-state index contributed by atoms with van der Waals surface area (Å²) in [6, 6.07) is 0.365. The van der Waals surface area contributed by atoms with Gasteiger partial charge in [0.15, 0.2) is 10.7 Å².